The molecule has 16 heavy (non-hydrogen) atoms. The lowest BCUT2D eigenvalue weighted by molar-refractivity contribution is -0.118. The summed E-state index contributed by atoms with van der Waals surface area (Å²) in [6, 6.07) is 6.94. The molecular formula is C11H15ClN2OS. The zero-order valence-corrected chi connectivity index (χ0v) is 10.6. The monoisotopic (exact) mass is 258 g/mol. The van der Waals surface area contributed by atoms with Gasteiger partial charge in [-0.15, -0.1) is 0 Å². The van der Waals surface area contributed by atoms with Crippen LogP contribution in [-0.2, 0) is 4.79 Å². The number of nitrogens with one attached hydrogen (secondary N) is 1. The van der Waals surface area contributed by atoms with Crippen molar-refractivity contribution in [2.24, 2.45) is 5.73 Å². The summed E-state index contributed by atoms with van der Waals surface area (Å²) in [5.74, 6) is 0.527. The van der Waals surface area contributed by atoms with Gasteiger partial charge in [-0.2, -0.15) is 11.8 Å². The Balaban J connectivity index is 2.68. The molecule has 0 saturated carbocycles. The van der Waals surface area contributed by atoms with Gasteiger partial charge in [-0.1, -0.05) is 23.7 Å². The van der Waals surface area contributed by atoms with Crippen LogP contribution in [0.25, 0.3) is 0 Å². The number of carbonyl (C=O) groups is 1. The summed E-state index contributed by atoms with van der Waals surface area (Å²) in [7, 11) is 0. The highest BCUT2D eigenvalue weighted by molar-refractivity contribution is 7.98. The molecule has 5 heteroatoms. The summed E-state index contributed by atoms with van der Waals surface area (Å²) >= 11 is 7.67. The van der Waals surface area contributed by atoms with E-state index >= 15 is 0 Å². The maximum absolute atomic E-state index is 11.2. The van der Waals surface area contributed by atoms with Crippen LogP contribution < -0.4 is 11.1 Å². The average molecular weight is 259 g/mol. The lowest BCUT2D eigenvalue weighted by Gasteiger charge is -2.16. The second-order valence-corrected chi connectivity index (χ2v) is 4.75. The lowest BCUT2D eigenvalue weighted by atomic mass is 10.2. The van der Waals surface area contributed by atoms with Crippen LogP contribution in [0, 0.1) is 0 Å². The smallest absolute Gasteiger partial charge is 0.239 e. The number of benzene rings is 1. The second kappa shape index (κ2) is 6.66. The third-order valence-electron chi connectivity index (χ3n) is 2.16. The van der Waals surface area contributed by atoms with E-state index in [1.807, 2.05) is 24.5 Å². The van der Waals surface area contributed by atoms with Gasteiger partial charge < -0.3 is 11.1 Å². The van der Waals surface area contributed by atoms with Crippen LogP contribution in [-0.4, -0.2) is 24.0 Å². The van der Waals surface area contributed by atoms with Crippen molar-refractivity contribution in [1.82, 2.24) is 0 Å². The first-order valence-electron chi connectivity index (χ1n) is 4.94. The number of halogens is 1. The Labute approximate surface area is 105 Å². The normalized spacial score (nSPS) is 12.1. The van der Waals surface area contributed by atoms with Gasteiger partial charge in [0, 0.05) is 0 Å². The molecular weight excluding hydrogens is 244 g/mol. The van der Waals surface area contributed by atoms with E-state index in [2.05, 4.69) is 5.32 Å². The quantitative estimate of drug-likeness (QED) is 0.824. The van der Waals surface area contributed by atoms with Crippen molar-refractivity contribution < 1.29 is 4.79 Å². The molecule has 0 aromatic heterocycles. The predicted octanol–water partition coefficient (Wildman–Crippen LogP) is 2.36. The van der Waals surface area contributed by atoms with E-state index in [0.29, 0.717) is 11.4 Å². The largest absolute Gasteiger partial charge is 0.372 e. The zero-order chi connectivity index (χ0) is 12.0. The minimum absolute atomic E-state index is 0.353. The Kier molecular flexibility index (Phi) is 5.49. The van der Waals surface area contributed by atoms with E-state index in [-0.39, 0.29) is 11.9 Å². The van der Waals surface area contributed by atoms with Gasteiger partial charge in [-0.25, -0.2) is 0 Å². The van der Waals surface area contributed by atoms with Gasteiger partial charge >= 0.3 is 0 Å². The zero-order valence-electron chi connectivity index (χ0n) is 9.07. The molecule has 0 aliphatic heterocycles. The summed E-state index contributed by atoms with van der Waals surface area (Å²) in [6.07, 6.45) is 2.69. The number of hydrogen-bond donors (Lipinski definition) is 2. The van der Waals surface area contributed by atoms with Crippen LogP contribution in [0.1, 0.15) is 6.42 Å². The SMILES string of the molecule is CSCCC(Nc1ccccc1Cl)C(N)=O. The number of amides is 1. The molecule has 0 aliphatic carbocycles. The van der Waals surface area contributed by atoms with Crippen LogP contribution in [0.2, 0.25) is 5.02 Å². The van der Waals surface area contributed by atoms with Gasteiger partial charge in [-0.3, -0.25) is 4.79 Å². The lowest BCUT2D eigenvalue weighted by Crippen LogP contribution is -2.36. The molecule has 0 spiro atoms. The van der Waals surface area contributed by atoms with Gasteiger partial charge in [-0.05, 0) is 30.6 Å². The molecule has 0 fully saturated rings. The number of rotatable bonds is 6. The summed E-state index contributed by atoms with van der Waals surface area (Å²) < 4.78 is 0. The highest BCUT2D eigenvalue weighted by Gasteiger charge is 2.15. The molecule has 1 aromatic carbocycles. The predicted molar refractivity (Wildman–Crippen MR) is 71.1 cm³/mol. The molecule has 1 unspecified atom stereocenters. The molecule has 1 aromatic rings. The first-order valence-corrected chi connectivity index (χ1v) is 6.71. The molecule has 0 bridgehead atoms. The summed E-state index contributed by atoms with van der Waals surface area (Å²) in [5.41, 5.74) is 6.07. The number of para-hydroxylation sites is 1. The maximum Gasteiger partial charge on any atom is 0.239 e. The van der Waals surface area contributed by atoms with Crippen molar-refractivity contribution >= 4 is 35.0 Å². The van der Waals surface area contributed by atoms with E-state index in [4.69, 9.17) is 17.3 Å². The Morgan fingerprint density at radius 3 is 2.81 bits per heavy atom. The fraction of sp³-hybridized carbons (Fsp3) is 0.364. The number of carbonyl (C=O) groups excluding carboxylic acids is 1. The molecule has 0 radical (unpaired) electrons. The number of primary amides is 1. The summed E-state index contributed by atoms with van der Waals surface area (Å²) in [4.78, 5) is 11.2. The molecule has 0 saturated heterocycles. The van der Waals surface area contributed by atoms with Gasteiger partial charge in [0.15, 0.2) is 0 Å². The Morgan fingerprint density at radius 1 is 1.56 bits per heavy atom. The highest BCUT2D eigenvalue weighted by atomic mass is 35.5. The van der Waals surface area contributed by atoms with Crippen molar-refractivity contribution in [3.63, 3.8) is 0 Å². The van der Waals surface area contributed by atoms with E-state index in [1.165, 1.54) is 0 Å². The van der Waals surface area contributed by atoms with Crippen LogP contribution in [0.15, 0.2) is 24.3 Å². The minimum atomic E-state index is -0.368. The molecule has 88 valence electrons. The van der Waals surface area contributed by atoms with E-state index in [9.17, 15) is 4.79 Å². The van der Waals surface area contributed by atoms with Crippen molar-refractivity contribution in [2.45, 2.75) is 12.5 Å². The average Bonchev–Trinajstić information content (AvgIpc) is 2.26. The maximum atomic E-state index is 11.2. The Bertz CT molecular complexity index is 360. The van der Waals surface area contributed by atoms with Crippen molar-refractivity contribution in [3.05, 3.63) is 29.3 Å². The molecule has 3 N–H and O–H groups in total. The van der Waals surface area contributed by atoms with Gasteiger partial charge in [0.2, 0.25) is 5.91 Å². The summed E-state index contributed by atoms with van der Waals surface area (Å²) in [6.45, 7) is 0. The number of thioether (sulfide) groups is 1. The van der Waals surface area contributed by atoms with Crippen molar-refractivity contribution in [1.29, 1.82) is 0 Å². The molecule has 1 atom stereocenters. The van der Waals surface area contributed by atoms with E-state index in [0.717, 1.165) is 11.4 Å². The first-order chi connectivity index (χ1) is 7.65. The van der Waals surface area contributed by atoms with Gasteiger partial charge in [0.1, 0.15) is 6.04 Å². The number of hydrogen-bond acceptors (Lipinski definition) is 3. The fourth-order valence-corrected chi connectivity index (χ4v) is 1.95. The Hall–Kier alpha value is -0.870. The van der Waals surface area contributed by atoms with Gasteiger partial charge in [0.25, 0.3) is 0 Å². The fourth-order valence-electron chi connectivity index (χ4n) is 1.29. The van der Waals surface area contributed by atoms with Gasteiger partial charge in [0.05, 0.1) is 10.7 Å². The highest BCUT2D eigenvalue weighted by Crippen LogP contribution is 2.21. The van der Waals surface area contributed by atoms with Crippen LogP contribution in [0.4, 0.5) is 5.69 Å². The summed E-state index contributed by atoms with van der Waals surface area (Å²) in [5, 5.41) is 3.66. The standard InChI is InChI=1S/C11H15ClN2OS/c1-16-7-6-10(11(13)15)14-9-5-3-2-4-8(9)12/h2-5,10,14H,6-7H2,1H3,(H2,13,15). The minimum Gasteiger partial charge on any atom is -0.372 e. The first kappa shape index (κ1) is 13.2. The van der Waals surface area contributed by atoms with Crippen molar-refractivity contribution in [3.8, 4) is 0 Å². The molecule has 0 heterocycles. The molecule has 1 amide bonds. The van der Waals surface area contributed by atoms with Crippen LogP contribution in [0.3, 0.4) is 0 Å². The third kappa shape index (κ3) is 3.94. The van der Waals surface area contributed by atoms with E-state index in [1.54, 1.807) is 17.8 Å². The topological polar surface area (TPSA) is 55.1 Å². The number of nitrogens with two attached hydrogens (primary N) is 1. The number of anilines is 1. The van der Waals surface area contributed by atoms with Crippen LogP contribution >= 0.6 is 23.4 Å². The third-order valence-corrected chi connectivity index (χ3v) is 3.13. The van der Waals surface area contributed by atoms with Crippen LogP contribution in [0.5, 0.6) is 0 Å². The Morgan fingerprint density at radius 2 is 2.25 bits per heavy atom. The molecule has 0 aliphatic rings. The molecule has 3 nitrogen and oxygen atoms in total. The van der Waals surface area contributed by atoms with E-state index < -0.39 is 0 Å². The second-order valence-electron chi connectivity index (χ2n) is 3.36. The van der Waals surface area contributed by atoms with Crippen molar-refractivity contribution in [2.75, 3.05) is 17.3 Å². The molecule has 1 rings (SSSR count).